The number of methoxy groups -OCH3 is 1. The first-order valence-corrected chi connectivity index (χ1v) is 7.18. The van der Waals surface area contributed by atoms with Crippen LogP contribution in [-0.4, -0.2) is 37.2 Å². The summed E-state index contributed by atoms with van der Waals surface area (Å²) in [5.41, 5.74) is 5.85. The Labute approximate surface area is 112 Å². The van der Waals surface area contributed by atoms with Crippen LogP contribution in [0.5, 0.6) is 0 Å². The summed E-state index contributed by atoms with van der Waals surface area (Å²) in [7, 11) is 1.78. The van der Waals surface area contributed by atoms with E-state index >= 15 is 0 Å². The molecule has 0 bridgehead atoms. The van der Waals surface area contributed by atoms with Crippen LogP contribution in [0, 0.1) is 0 Å². The van der Waals surface area contributed by atoms with Crippen molar-refractivity contribution in [3.8, 4) is 0 Å². The van der Waals surface area contributed by atoms with Gasteiger partial charge in [-0.15, -0.1) is 11.3 Å². The molecule has 2 heterocycles. The van der Waals surface area contributed by atoms with Gasteiger partial charge in [0.15, 0.2) is 0 Å². The number of hydrogen-bond donors (Lipinski definition) is 1. The van der Waals surface area contributed by atoms with Crippen molar-refractivity contribution < 1.29 is 4.74 Å². The lowest BCUT2D eigenvalue weighted by atomic mass is 9.99. The predicted octanol–water partition coefficient (Wildman–Crippen LogP) is 2.34. The number of nitrogens with zero attached hydrogens (tertiary/aromatic N) is 1. The van der Waals surface area contributed by atoms with Crippen LogP contribution < -0.4 is 5.73 Å². The van der Waals surface area contributed by atoms with Crippen LogP contribution in [0.15, 0.2) is 11.4 Å². The van der Waals surface area contributed by atoms with Crippen molar-refractivity contribution >= 4 is 22.9 Å². The normalized spacial score (nSPS) is 26.3. The number of thiophene rings is 1. The molecule has 2 N–H and O–H groups in total. The van der Waals surface area contributed by atoms with Gasteiger partial charge in [0.25, 0.3) is 0 Å². The van der Waals surface area contributed by atoms with Crippen LogP contribution in [0.3, 0.4) is 0 Å². The Bertz CT molecular complexity index is 358. The summed E-state index contributed by atoms with van der Waals surface area (Å²) < 4.78 is 5.43. The third-order valence-corrected chi connectivity index (χ3v) is 4.64. The molecule has 1 fully saturated rings. The molecule has 3 nitrogen and oxygen atoms in total. The number of nitrogens with two attached hydrogens (primary N) is 1. The first kappa shape index (κ1) is 13.3. The molecule has 0 aromatic carbocycles. The second kappa shape index (κ2) is 6.16. The highest BCUT2D eigenvalue weighted by atomic mass is 35.5. The third-order valence-electron chi connectivity index (χ3n) is 3.38. The van der Waals surface area contributed by atoms with Crippen LogP contribution in [0.1, 0.15) is 17.7 Å². The quantitative estimate of drug-likeness (QED) is 0.916. The number of hydrogen-bond acceptors (Lipinski definition) is 4. The molecule has 0 radical (unpaired) electrons. The Morgan fingerprint density at radius 3 is 3.06 bits per heavy atom. The summed E-state index contributed by atoms with van der Waals surface area (Å²) in [6, 6.07) is 2.47. The molecule has 1 aromatic heterocycles. The van der Waals surface area contributed by atoms with E-state index in [1.807, 2.05) is 11.4 Å². The van der Waals surface area contributed by atoms with Crippen molar-refractivity contribution in [1.29, 1.82) is 0 Å². The topological polar surface area (TPSA) is 38.5 Å². The van der Waals surface area contributed by atoms with Gasteiger partial charge < -0.3 is 10.5 Å². The van der Waals surface area contributed by atoms with Gasteiger partial charge in [0.05, 0.1) is 11.1 Å². The van der Waals surface area contributed by atoms with Crippen molar-refractivity contribution in [2.24, 2.45) is 5.73 Å². The highest BCUT2D eigenvalue weighted by Gasteiger charge is 2.27. The molecule has 2 atom stereocenters. The Morgan fingerprint density at radius 1 is 1.65 bits per heavy atom. The minimum atomic E-state index is 0.367. The van der Waals surface area contributed by atoms with E-state index < -0.39 is 0 Å². The van der Waals surface area contributed by atoms with Crippen LogP contribution in [0.4, 0.5) is 0 Å². The highest BCUT2D eigenvalue weighted by molar-refractivity contribution is 7.10. The monoisotopic (exact) mass is 274 g/mol. The van der Waals surface area contributed by atoms with Gasteiger partial charge in [0.2, 0.25) is 0 Å². The molecule has 1 saturated heterocycles. The molecule has 96 valence electrons. The van der Waals surface area contributed by atoms with Gasteiger partial charge in [-0.25, -0.2) is 0 Å². The van der Waals surface area contributed by atoms with E-state index in [1.165, 1.54) is 4.88 Å². The van der Waals surface area contributed by atoms with Crippen LogP contribution in [0.25, 0.3) is 0 Å². The summed E-state index contributed by atoms with van der Waals surface area (Å²) in [4.78, 5) is 3.75. The zero-order chi connectivity index (χ0) is 12.3. The molecule has 0 saturated carbocycles. The zero-order valence-electron chi connectivity index (χ0n) is 10.1. The van der Waals surface area contributed by atoms with E-state index in [1.54, 1.807) is 18.4 Å². The molecule has 17 heavy (non-hydrogen) atoms. The number of halogens is 1. The fourth-order valence-electron chi connectivity index (χ4n) is 2.37. The van der Waals surface area contributed by atoms with E-state index in [9.17, 15) is 0 Å². The van der Waals surface area contributed by atoms with Gasteiger partial charge >= 0.3 is 0 Å². The standard InChI is InChI=1S/C12H19ClN2OS/c1-16-11-2-3-15(10(5-11)6-14)7-12-4-9(13)8-17-12/h4,8,10-11H,2-3,5-7,14H2,1H3. The largest absolute Gasteiger partial charge is 0.381 e. The SMILES string of the molecule is COC1CCN(Cc2cc(Cl)cs2)C(CN)C1. The summed E-state index contributed by atoms with van der Waals surface area (Å²) in [5.74, 6) is 0. The maximum absolute atomic E-state index is 5.94. The van der Waals surface area contributed by atoms with Crippen LogP contribution in [0.2, 0.25) is 5.02 Å². The number of piperidine rings is 1. The molecular weight excluding hydrogens is 256 g/mol. The average Bonchev–Trinajstić information content (AvgIpc) is 2.75. The first-order chi connectivity index (χ1) is 8.22. The van der Waals surface area contributed by atoms with Gasteiger partial charge in [0, 0.05) is 43.0 Å². The fraction of sp³-hybridized carbons (Fsp3) is 0.667. The maximum Gasteiger partial charge on any atom is 0.0599 e. The van der Waals surface area contributed by atoms with E-state index in [-0.39, 0.29) is 0 Å². The Balaban J connectivity index is 1.95. The van der Waals surface area contributed by atoms with Gasteiger partial charge in [0.1, 0.15) is 0 Å². The van der Waals surface area contributed by atoms with Crippen molar-refractivity contribution in [3.63, 3.8) is 0 Å². The molecule has 0 spiro atoms. The molecule has 1 aliphatic heterocycles. The van der Waals surface area contributed by atoms with Crippen molar-refractivity contribution in [2.45, 2.75) is 31.5 Å². The van der Waals surface area contributed by atoms with E-state index in [2.05, 4.69) is 4.90 Å². The average molecular weight is 275 g/mol. The molecule has 2 rings (SSSR count). The van der Waals surface area contributed by atoms with Gasteiger partial charge in [-0.1, -0.05) is 11.6 Å². The van der Waals surface area contributed by atoms with E-state index in [0.29, 0.717) is 18.7 Å². The van der Waals surface area contributed by atoms with Crippen LogP contribution in [-0.2, 0) is 11.3 Å². The molecule has 1 aliphatic rings. The molecule has 0 amide bonds. The van der Waals surface area contributed by atoms with E-state index in [0.717, 1.165) is 31.0 Å². The molecule has 5 heteroatoms. The van der Waals surface area contributed by atoms with Crippen molar-refractivity contribution in [1.82, 2.24) is 4.90 Å². The van der Waals surface area contributed by atoms with Crippen molar-refractivity contribution in [2.75, 3.05) is 20.2 Å². The minimum Gasteiger partial charge on any atom is -0.381 e. The molecule has 0 aliphatic carbocycles. The first-order valence-electron chi connectivity index (χ1n) is 5.92. The van der Waals surface area contributed by atoms with E-state index in [4.69, 9.17) is 22.1 Å². The molecule has 2 unspecified atom stereocenters. The second-order valence-corrected chi connectivity index (χ2v) is 5.91. The summed E-state index contributed by atoms with van der Waals surface area (Å²) in [5, 5.41) is 2.82. The summed E-state index contributed by atoms with van der Waals surface area (Å²) >= 11 is 7.66. The zero-order valence-corrected chi connectivity index (χ0v) is 11.6. The van der Waals surface area contributed by atoms with Gasteiger partial charge in [-0.3, -0.25) is 4.90 Å². The smallest absolute Gasteiger partial charge is 0.0599 e. The maximum atomic E-state index is 5.94. The third kappa shape index (κ3) is 3.42. The lowest BCUT2D eigenvalue weighted by Crippen LogP contribution is -2.47. The molecule has 1 aromatic rings. The van der Waals surface area contributed by atoms with Crippen LogP contribution >= 0.6 is 22.9 Å². The Kier molecular flexibility index (Phi) is 4.82. The summed E-state index contributed by atoms with van der Waals surface area (Å²) in [6.07, 6.45) is 2.49. The second-order valence-electron chi connectivity index (χ2n) is 4.47. The molecular formula is C12H19ClN2OS. The Morgan fingerprint density at radius 2 is 2.47 bits per heavy atom. The predicted molar refractivity (Wildman–Crippen MR) is 72.6 cm³/mol. The number of rotatable bonds is 4. The number of likely N-dealkylation sites (tertiary alicyclic amines) is 1. The van der Waals surface area contributed by atoms with Gasteiger partial charge in [-0.05, 0) is 18.9 Å². The lowest BCUT2D eigenvalue weighted by Gasteiger charge is -2.38. The van der Waals surface area contributed by atoms with Crippen molar-refractivity contribution in [3.05, 3.63) is 21.3 Å². The Hall–Kier alpha value is -0.130. The minimum absolute atomic E-state index is 0.367. The lowest BCUT2D eigenvalue weighted by molar-refractivity contribution is 0.0106. The summed E-state index contributed by atoms with van der Waals surface area (Å²) in [6.45, 7) is 2.70. The van der Waals surface area contributed by atoms with Gasteiger partial charge in [-0.2, -0.15) is 0 Å². The fourth-order valence-corrected chi connectivity index (χ4v) is 3.46. The highest BCUT2D eigenvalue weighted by Crippen LogP contribution is 2.25. The number of ether oxygens (including phenoxy) is 1.